The van der Waals surface area contributed by atoms with Crippen molar-refractivity contribution in [3.63, 3.8) is 0 Å². The van der Waals surface area contributed by atoms with Crippen molar-refractivity contribution < 1.29 is 4.79 Å². The minimum atomic E-state index is 0.115. The Bertz CT molecular complexity index is 939. The van der Waals surface area contributed by atoms with Crippen molar-refractivity contribution >= 4 is 39.1 Å². The van der Waals surface area contributed by atoms with Crippen LogP contribution < -0.4 is 5.73 Å². The highest BCUT2D eigenvalue weighted by Gasteiger charge is 2.25. The molecule has 2 aromatic heterocycles. The minimum absolute atomic E-state index is 0.115. The van der Waals surface area contributed by atoms with E-state index in [1.165, 1.54) is 11.3 Å². The van der Waals surface area contributed by atoms with E-state index in [0.717, 1.165) is 52.4 Å². The molecule has 4 rings (SSSR count). The fraction of sp³-hybridized carbons (Fsp3) is 0.368. The summed E-state index contributed by atoms with van der Waals surface area (Å²) in [6.07, 6.45) is 1.98. The average Bonchev–Trinajstić information content (AvgIpc) is 3.23. The van der Waals surface area contributed by atoms with Gasteiger partial charge in [-0.2, -0.15) is 5.10 Å². The zero-order valence-corrected chi connectivity index (χ0v) is 16.2. The number of benzene rings is 1. The number of hydrogen-bond acceptors (Lipinski definition) is 4. The number of halogens is 1. The smallest absolute Gasteiger partial charge is 0.264 e. The predicted octanol–water partition coefficient (Wildman–Crippen LogP) is 3.86. The first-order chi connectivity index (χ1) is 12.6. The number of hydrogen-bond donors (Lipinski definition) is 1. The van der Waals surface area contributed by atoms with Gasteiger partial charge in [0.05, 0.1) is 16.3 Å². The van der Waals surface area contributed by atoms with Crippen LogP contribution in [0.2, 0.25) is 5.02 Å². The second-order valence-corrected chi connectivity index (χ2v) is 8.24. The quantitative estimate of drug-likeness (QED) is 0.740. The molecule has 2 N–H and O–H groups in total. The molecule has 1 amide bonds. The van der Waals surface area contributed by atoms with E-state index in [9.17, 15) is 4.79 Å². The number of aryl methyl sites for hydroxylation is 1. The fourth-order valence-electron chi connectivity index (χ4n) is 3.44. The monoisotopic (exact) mass is 388 g/mol. The summed E-state index contributed by atoms with van der Waals surface area (Å²) >= 11 is 7.49. The number of carbonyl (C=O) groups excluding carboxylic acids is 1. The summed E-state index contributed by atoms with van der Waals surface area (Å²) in [5.74, 6) is 0.658. The van der Waals surface area contributed by atoms with Crippen LogP contribution in [0.15, 0.2) is 30.3 Å². The van der Waals surface area contributed by atoms with E-state index >= 15 is 0 Å². The molecule has 1 aromatic carbocycles. The Hall–Kier alpha value is -1.89. The van der Waals surface area contributed by atoms with E-state index < -0.39 is 0 Å². The standard InChI is InChI=1S/C19H21ClN4OS/c1-12-16-10-17(18(25)23-8-6-13(11-21)7-9-23)26-19(16)24(22-12)15-4-2-14(20)3-5-15/h2-5,10,13H,6-9,11,21H2,1H3. The van der Waals surface area contributed by atoms with Crippen LogP contribution in [-0.2, 0) is 0 Å². The van der Waals surface area contributed by atoms with Crippen molar-refractivity contribution in [1.82, 2.24) is 14.7 Å². The number of carbonyl (C=O) groups is 1. The van der Waals surface area contributed by atoms with E-state index in [4.69, 9.17) is 17.3 Å². The van der Waals surface area contributed by atoms with Crippen LogP contribution in [0.5, 0.6) is 0 Å². The van der Waals surface area contributed by atoms with Gasteiger partial charge in [0.25, 0.3) is 5.91 Å². The van der Waals surface area contributed by atoms with Gasteiger partial charge in [-0.15, -0.1) is 11.3 Å². The Balaban J connectivity index is 1.65. The van der Waals surface area contributed by atoms with Crippen LogP contribution in [-0.4, -0.2) is 40.2 Å². The van der Waals surface area contributed by atoms with Crippen LogP contribution in [0.3, 0.4) is 0 Å². The van der Waals surface area contributed by atoms with Crippen molar-refractivity contribution in [3.8, 4) is 5.69 Å². The van der Waals surface area contributed by atoms with Crippen LogP contribution >= 0.6 is 22.9 Å². The van der Waals surface area contributed by atoms with E-state index in [1.54, 1.807) is 0 Å². The topological polar surface area (TPSA) is 64.2 Å². The third-order valence-corrected chi connectivity index (χ3v) is 6.41. The van der Waals surface area contributed by atoms with Gasteiger partial charge in [0.15, 0.2) is 0 Å². The zero-order valence-electron chi connectivity index (χ0n) is 14.6. The van der Waals surface area contributed by atoms with Crippen molar-refractivity contribution in [1.29, 1.82) is 0 Å². The van der Waals surface area contributed by atoms with Crippen LogP contribution in [0, 0.1) is 12.8 Å². The highest BCUT2D eigenvalue weighted by atomic mass is 35.5. The molecule has 5 nitrogen and oxygen atoms in total. The Morgan fingerprint density at radius 3 is 2.65 bits per heavy atom. The third kappa shape index (κ3) is 3.13. The van der Waals surface area contributed by atoms with Gasteiger partial charge >= 0.3 is 0 Å². The lowest BCUT2D eigenvalue weighted by molar-refractivity contribution is 0.0698. The zero-order chi connectivity index (χ0) is 18.3. The second kappa shape index (κ2) is 7.02. The number of aromatic nitrogens is 2. The SMILES string of the molecule is Cc1nn(-c2ccc(Cl)cc2)c2sc(C(=O)N3CCC(CN)CC3)cc12. The summed E-state index contributed by atoms with van der Waals surface area (Å²) in [6, 6.07) is 9.55. The molecule has 0 unspecified atom stereocenters. The number of nitrogens with two attached hydrogens (primary N) is 1. The summed E-state index contributed by atoms with van der Waals surface area (Å²) in [7, 11) is 0. The van der Waals surface area contributed by atoms with Gasteiger partial charge in [0.2, 0.25) is 0 Å². The van der Waals surface area contributed by atoms with Crippen LogP contribution in [0.25, 0.3) is 15.9 Å². The maximum atomic E-state index is 12.9. The molecular formula is C19H21ClN4OS. The largest absolute Gasteiger partial charge is 0.338 e. The number of rotatable bonds is 3. The summed E-state index contributed by atoms with van der Waals surface area (Å²) in [5.41, 5.74) is 7.62. The molecule has 136 valence electrons. The minimum Gasteiger partial charge on any atom is -0.338 e. The van der Waals surface area contributed by atoms with Gasteiger partial charge in [-0.1, -0.05) is 11.6 Å². The molecule has 1 aliphatic rings. The van der Waals surface area contributed by atoms with E-state index in [1.807, 2.05) is 46.8 Å². The third-order valence-electron chi connectivity index (χ3n) is 5.06. The van der Waals surface area contributed by atoms with Crippen molar-refractivity contribution in [2.75, 3.05) is 19.6 Å². The van der Waals surface area contributed by atoms with Gasteiger partial charge in [-0.05, 0) is 62.6 Å². The fourth-order valence-corrected chi connectivity index (χ4v) is 4.71. The normalized spacial score (nSPS) is 15.7. The van der Waals surface area contributed by atoms with E-state index in [0.29, 0.717) is 17.5 Å². The highest BCUT2D eigenvalue weighted by Crippen LogP contribution is 2.32. The predicted molar refractivity (Wildman–Crippen MR) is 106 cm³/mol. The molecular weight excluding hydrogens is 368 g/mol. The Labute approximate surface area is 161 Å². The first-order valence-electron chi connectivity index (χ1n) is 8.81. The molecule has 0 radical (unpaired) electrons. The van der Waals surface area contributed by atoms with E-state index in [-0.39, 0.29) is 5.91 Å². The molecule has 0 aliphatic carbocycles. The average molecular weight is 389 g/mol. The molecule has 0 bridgehead atoms. The molecule has 0 saturated carbocycles. The summed E-state index contributed by atoms with van der Waals surface area (Å²) in [4.78, 5) is 16.6. The van der Waals surface area contributed by atoms with Crippen LogP contribution in [0.1, 0.15) is 28.2 Å². The Morgan fingerprint density at radius 1 is 1.31 bits per heavy atom. The lowest BCUT2D eigenvalue weighted by Crippen LogP contribution is -2.39. The molecule has 1 fully saturated rings. The summed E-state index contributed by atoms with van der Waals surface area (Å²) < 4.78 is 1.89. The number of likely N-dealkylation sites (tertiary alicyclic amines) is 1. The number of thiophene rings is 1. The molecule has 1 aliphatic heterocycles. The lowest BCUT2D eigenvalue weighted by Gasteiger charge is -2.31. The highest BCUT2D eigenvalue weighted by molar-refractivity contribution is 7.20. The van der Waals surface area contributed by atoms with Crippen molar-refractivity contribution in [2.45, 2.75) is 19.8 Å². The molecule has 3 heterocycles. The summed E-state index contributed by atoms with van der Waals surface area (Å²) in [6.45, 7) is 4.26. The number of fused-ring (bicyclic) bond motifs is 1. The van der Waals surface area contributed by atoms with E-state index in [2.05, 4.69) is 5.10 Å². The maximum absolute atomic E-state index is 12.9. The van der Waals surface area contributed by atoms with Crippen molar-refractivity contribution in [2.24, 2.45) is 11.7 Å². The molecule has 3 aromatic rings. The second-order valence-electron chi connectivity index (χ2n) is 6.77. The first-order valence-corrected chi connectivity index (χ1v) is 10.0. The van der Waals surface area contributed by atoms with Gasteiger partial charge in [0, 0.05) is 23.5 Å². The Morgan fingerprint density at radius 2 is 2.00 bits per heavy atom. The Kier molecular flexibility index (Phi) is 4.73. The van der Waals surface area contributed by atoms with Gasteiger partial charge in [-0.25, -0.2) is 4.68 Å². The van der Waals surface area contributed by atoms with Crippen molar-refractivity contribution in [3.05, 3.63) is 45.9 Å². The first kappa shape index (κ1) is 17.5. The molecule has 1 saturated heterocycles. The maximum Gasteiger partial charge on any atom is 0.264 e. The molecule has 0 spiro atoms. The van der Waals surface area contributed by atoms with Gasteiger partial charge in [0.1, 0.15) is 4.83 Å². The molecule has 0 atom stereocenters. The molecule has 26 heavy (non-hydrogen) atoms. The molecule has 7 heteroatoms. The number of nitrogens with zero attached hydrogens (tertiary/aromatic N) is 3. The van der Waals surface area contributed by atoms with Crippen LogP contribution in [0.4, 0.5) is 0 Å². The summed E-state index contributed by atoms with van der Waals surface area (Å²) in [5, 5.41) is 6.35. The van der Waals surface area contributed by atoms with Gasteiger partial charge < -0.3 is 10.6 Å². The number of amides is 1. The van der Waals surface area contributed by atoms with Gasteiger partial charge in [-0.3, -0.25) is 4.79 Å². The number of piperidine rings is 1. The lowest BCUT2D eigenvalue weighted by atomic mass is 9.97.